The zero-order valence-corrected chi connectivity index (χ0v) is 35.3. The van der Waals surface area contributed by atoms with E-state index in [0.717, 1.165) is 55.8 Å². The zero-order chi connectivity index (χ0) is 39.0. The van der Waals surface area contributed by atoms with Crippen molar-refractivity contribution in [1.29, 1.82) is 1.34 Å². The van der Waals surface area contributed by atoms with E-state index in [2.05, 4.69) is 30.6 Å². The number of fused-ring (bicyclic) bond motifs is 10. The largest absolute Gasteiger partial charge is 0.497 e. The van der Waals surface area contributed by atoms with Gasteiger partial charge in [0, 0.05) is 58.6 Å². The molecule has 10 rings (SSSR count). The van der Waals surface area contributed by atoms with Crippen LogP contribution >= 0.6 is 0 Å². The van der Waals surface area contributed by atoms with Crippen molar-refractivity contribution in [2.45, 2.75) is 83.8 Å². The second kappa shape index (κ2) is 17.3. The van der Waals surface area contributed by atoms with Crippen molar-refractivity contribution in [2.75, 3.05) is 27.3 Å². The summed E-state index contributed by atoms with van der Waals surface area (Å²) in [7, 11) is 6.89. The Morgan fingerprint density at radius 2 is 1.23 bits per heavy atom. The second-order valence-electron chi connectivity index (χ2n) is 14.5. The van der Waals surface area contributed by atoms with E-state index < -0.39 is 5.97 Å². The molecule has 14 nitrogen and oxygen atoms in total. The van der Waals surface area contributed by atoms with Gasteiger partial charge in [-0.2, -0.15) is 0 Å². The van der Waals surface area contributed by atoms with Gasteiger partial charge in [-0.3, -0.25) is 23.5 Å². The van der Waals surface area contributed by atoms with Crippen LogP contribution in [0.25, 0.3) is 11.4 Å². The van der Waals surface area contributed by atoms with Crippen LogP contribution in [0.1, 0.15) is 131 Å². The topological polar surface area (TPSA) is 161 Å². The van der Waals surface area contributed by atoms with E-state index in [9.17, 15) is 24.3 Å². The molecule has 0 spiro atoms. The van der Waals surface area contributed by atoms with Crippen LogP contribution in [-0.4, -0.2) is 101 Å². The fourth-order valence-corrected chi connectivity index (χ4v) is 7.67. The summed E-state index contributed by atoms with van der Waals surface area (Å²) in [6.45, 7) is 3.58. The fraction of sp³-hybridized carbons (Fsp3) is 0.450. The van der Waals surface area contributed by atoms with Crippen LogP contribution in [0.4, 0.5) is 0 Å². The smallest absolute Gasteiger partial charge is 0.356 e. The van der Waals surface area contributed by atoms with Crippen LogP contribution in [0.15, 0.2) is 49.1 Å². The molecule has 2 saturated carbocycles. The van der Waals surface area contributed by atoms with E-state index in [0.29, 0.717) is 52.8 Å². The van der Waals surface area contributed by atoms with E-state index in [1.165, 1.54) is 19.2 Å². The number of carboxylic acid groups (broad SMARTS) is 1. The Morgan fingerprint density at radius 1 is 0.786 bits per heavy atom. The van der Waals surface area contributed by atoms with Gasteiger partial charge in [-0.15, -0.1) is 0 Å². The normalized spacial score (nSPS) is 19.4. The van der Waals surface area contributed by atoms with E-state index in [1.807, 2.05) is 21.6 Å². The molecular weight excluding hydrogens is 939 g/mol. The van der Waals surface area contributed by atoms with Crippen molar-refractivity contribution in [2.24, 2.45) is 5.92 Å². The van der Waals surface area contributed by atoms with Crippen molar-refractivity contribution >= 4 is 32.1 Å². The number of carbonyl (C=O) groups is 4. The first-order chi connectivity index (χ1) is 26.7. The van der Waals surface area contributed by atoms with E-state index in [-0.39, 0.29) is 80.1 Å². The Morgan fingerprint density at radius 3 is 1.64 bits per heavy atom. The second-order valence-corrected chi connectivity index (χ2v) is 14.5. The maximum atomic E-state index is 13.2. The minimum Gasteiger partial charge on any atom is -0.497 e. The van der Waals surface area contributed by atoms with Crippen LogP contribution in [0.3, 0.4) is 0 Å². The molecular formula is C40H48BN7O7U. The number of nitrogens with one attached hydrogen (secondary N) is 1. The number of benzene rings is 2. The molecule has 6 aliphatic rings. The van der Waals surface area contributed by atoms with Gasteiger partial charge in [0.2, 0.25) is 0 Å². The number of methoxy groups -OCH3 is 2. The minimum absolute atomic E-state index is 0. The number of rotatable bonds is 5. The number of carboxylic acids is 1. The van der Waals surface area contributed by atoms with Crippen molar-refractivity contribution in [3.05, 3.63) is 83.0 Å². The number of aromatic nitrogens is 4. The number of hydrogen-bond donors (Lipinski definition) is 2. The summed E-state index contributed by atoms with van der Waals surface area (Å²) in [5, 5.41) is 12.5. The Bertz CT molecular complexity index is 2140. The molecule has 16 heteroatoms. The van der Waals surface area contributed by atoms with Gasteiger partial charge in [0.1, 0.15) is 24.2 Å². The number of nitrogens with zero attached hydrogens (tertiary/aromatic N) is 6. The maximum Gasteiger partial charge on any atom is 0.356 e. The van der Waals surface area contributed by atoms with Crippen molar-refractivity contribution in [3.8, 4) is 22.9 Å². The summed E-state index contributed by atoms with van der Waals surface area (Å²) in [5.41, 5.74) is 4.32. The summed E-state index contributed by atoms with van der Waals surface area (Å²) >= 11 is 0. The average Bonchev–Trinajstić information content (AvgIpc) is 3.89. The molecule has 2 aromatic carbocycles. The van der Waals surface area contributed by atoms with Crippen LogP contribution < -0.4 is 14.8 Å². The van der Waals surface area contributed by atoms with Crippen LogP contribution in [0.5, 0.6) is 11.5 Å². The van der Waals surface area contributed by atoms with Crippen LogP contribution in [0.2, 0.25) is 0 Å². The van der Waals surface area contributed by atoms with Gasteiger partial charge >= 0.3 is 5.97 Å². The Labute approximate surface area is 353 Å². The standard InChI is InChI=1S/C19H20N4O3.C16H15N3O4.C4H8.CH4.BH.U/c1-26-12-6-7-14-13(9-12)19(25)22-8-2-3-15(22)17-16(20-10-23(14)17)18(24)21-11-4-5-11;1-23-9-4-5-11-10(7-9)15(20)18-6-2-3-12(18)14-13(16(21)22)17-8-19(11)14;1-4-2-3-4;;;/h6-7,9-11,15H,2-5,8H2,1H3,(H,21,24);4-5,7-8,12H,2-3,6H2,1H3,(H,21,22);4H,2-3H2,1H3;1H4;1H;/t15-;12-;;;;/m00..../s1/i;;;;1D;. The predicted molar refractivity (Wildman–Crippen MR) is 206 cm³/mol. The molecule has 2 saturated heterocycles. The number of hydrogen-bond acceptors (Lipinski definition) is 8. The third-order valence-corrected chi connectivity index (χ3v) is 10.9. The van der Waals surface area contributed by atoms with E-state index in [1.54, 1.807) is 54.3 Å². The average molecular weight is 989 g/mol. The Kier molecular flexibility index (Phi) is 12.7. The first-order valence-electron chi connectivity index (χ1n) is 18.9. The molecule has 2 atom stereocenters. The molecule has 292 valence electrons. The van der Waals surface area contributed by atoms with Crippen LogP contribution in [0, 0.1) is 37.0 Å². The summed E-state index contributed by atoms with van der Waals surface area (Å²) in [5.74, 6) is 0.991. The molecule has 0 bridgehead atoms. The van der Waals surface area contributed by atoms with Crippen molar-refractivity contribution < 1.29 is 64.9 Å². The molecule has 56 heavy (non-hydrogen) atoms. The number of ether oxygens (including phenoxy) is 2. The minimum atomic E-state index is -1.07. The molecule has 2 N–H and O–H groups in total. The maximum absolute atomic E-state index is 13.2. The van der Waals surface area contributed by atoms with E-state index >= 15 is 0 Å². The predicted octanol–water partition coefficient (Wildman–Crippen LogP) is 5.34. The van der Waals surface area contributed by atoms with Crippen molar-refractivity contribution in [3.63, 3.8) is 0 Å². The molecule has 2 aromatic heterocycles. The third-order valence-electron chi connectivity index (χ3n) is 10.9. The molecule has 2 aliphatic carbocycles. The number of aromatic carboxylic acids is 1. The molecule has 4 fully saturated rings. The van der Waals surface area contributed by atoms with Gasteiger partial charge in [-0.05, 0) is 82.2 Å². The third kappa shape index (κ3) is 7.87. The molecule has 4 aliphatic heterocycles. The number of amides is 3. The molecule has 2 radical (unpaired) electrons. The number of imidazole rings is 2. The van der Waals surface area contributed by atoms with E-state index in [4.69, 9.17) is 10.8 Å². The van der Waals surface area contributed by atoms with Gasteiger partial charge in [-0.1, -0.05) is 27.2 Å². The van der Waals surface area contributed by atoms with Gasteiger partial charge < -0.3 is 29.7 Å². The number of carbonyl (C=O) groups excluding carboxylic acids is 3. The Hall–Kier alpha value is -4.54. The van der Waals surface area contributed by atoms with Crippen molar-refractivity contribution in [1.82, 2.24) is 34.2 Å². The van der Waals surface area contributed by atoms with Gasteiger partial charge in [0.15, 0.2) is 11.4 Å². The first-order valence-corrected chi connectivity index (χ1v) is 18.4. The SMILES string of the molecule is C.CC1CC1.COc1ccc2c(c1)C(=O)N1CCC[C@H]1c1c(C(=O)NC3CC3)ncn1-2.COc1ccc2c(c1)C(=O)N1CCC[C@H]1c1c(C(=O)O)ncn1-2.[2H][B].[U]. The quantitative estimate of drug-likeness (QED) is 0.252. The zero-order valence-electron chi connectivity index (χ0n) is 32.2. The fourth-order valence-electron chi connectivity index (χ4n) is 7.67. The summed E-state index contributed by atoms with van der Waals surface area (Å²) in [6.07, 6.45) is 11.5. The molecule has 0 unspecified atom stereocenters. The molecule has 4 aromatic rings. The summed E-state index contributed by atoms with van der Waals surface area (Å²) in [6, 6.07) is 10.6. The molecule has 3 amide bonds. The summed E-state index contributed by atoms with van der Waals surface area (Å²) in [4.78, 5) is 62.4. The van der Waals surface area contributed by atoms with Crippen LogP contribution in [-0.2, 0) is 0 Å². The monoisotopic (exact) mass is 988 g/mol. The van der Waals surface area contributed by atoms with Gasteiger partial charge in [-0.25, -0.2) is 14.8 Å². The summed E-state index contributed by atoms with van der Waals surface area (Å²) < 4.78 is 19.4. The molecule has 6 heterocycles. The Balaban J connectivity index is 0.000000186. The van der Waals surface area contributed by atoms with Gasteiger partial charge in [0.25, 0.3) is 17.7 Å². The van der Waals surface area contributed by atoms with Gasteiger partial charge in [0.05, 0.1) is 60.2 Å². The first kappa shape index (κ1) is 41.1.